The predicted molar refractivity (Wildman–Crippen MR) is 86.5 cm³/mol. The third-order valence-electron chi connectivity index (χ3n) is 4.50. The maximum absolute atomic E-state index is 14.2. The number of aliphatic hydroxyl groups excluding tert-OH is 1. The van der Waals surface area contributed by atoms with E-state index in [1.54, 1.807) is 12.1 Å². The highest BCUT2D eigenvalue weighted by Crippen LogP contribution is 2.39. The predicted octanol–water partition coefficient (Wildman–Crippen LogP) is 3.08. The molecule has 0 radical (unpaired) electrons. The smallest absolute Gasteiger partial charge is 0.253 e. The molecule has 2 aromatic rings. The summed E-state index contributed by atoms with van der Waals surface area (Å²) < 4.78 is 27.4. The summed E-state index contributed by atoms with van der Waals surface area (Å²) in [6, 6.07) is 10.8. The third kappa shape index (κ3) is 3.52. The molecule has 4 nitrogen and oxygen atoms in total. The summed E-state index contributed by atoms with van der Waals surface area (Å²) in [4.78, 5) is 12.6. The molecule has 0 unspecified atom stereocenters. The molecule has 0 aromatic heterocycles. The van der Waals surface area contributed by atoms with E-state index in [4.69, 9.17) is 5.26 Å². The third-order valence-corrected chi connectivity index (χ3v) is 4.50. The zero-order valence-electron chi connectivity index (χ0n) is 13.2. The number of nitrogens with one attached hydrogen (secondary N) is 1. The number of hydrogen-bond acceptors (Lipinski definition) is 3. The van der Waals surface area contributed by atoms with E-state index in [1.165, 1.54) is 18.2 Å². The van der Waals surface area contributed by atoms with Gasteiger partial charge in [-0.2, -0.15) is 5.26 Å². The van der Waals surface area contributed by atoms with Crippen LogP contribution in [0.1, 0.15) is 40.4 Å². The molecule has 3 rings (SSSR count). The second-order valence-corrected chi connectivity index (χ2v) is 6.16. The fourth-order valence-corrected chi connectivity index (χ4v) is 3.10. The van der Waals surface area contributed by atoms with Gasteiger partial charge < -0.3 is 10.4 Å². The summed E-state index contributed by atoms with van der Waals surface area (Å²) >= 11 is 0. The van der Waals surface area contributed by atoms with E-state index in [-0.39, 0.29) is 22.6 Å². The molecule has 2 aromatic carbocycles. The lowest BCUT2D eigenvalue weighted by atomic mass is 9.75. The molecular formula is C19H16F2N2O2. The monoisotopic (exact) mass is 342 g/mol. The Morgan fingerprint density at radius 3 is 2.60 bits per heavy atom. The highest BCUT2D eigenvalue weighted by atomic mass is 19.1. The highest BCUT2D eigenvalue weighted by molar-refractivity contribution is 5.96. The Balaban J connectivity index is 1.90. The first-order valence-electron chi connectivity index (χ1n) is 7.92. The standard InChI is InChI=1S/C19H16F2N2O2/c20-13-5-6-16(17(21)9-13)18(12-7-14(24)8-12)23-19(25)15-4-2-1-3-11(15)10-22/h1-6,9,12,14,18,24H,7-8H2,(H,23,25)/t12?,14?,18-/m1/s1. The molecule has 0 aliphatic heterocycles. The van der Waals surface area contributed by atoms with Crippen molar-refractivity contribution < 1.29 is 18.7 Å². The van der Waals surface area contributed by atoms with E-state index in [1.807, 2.05) is 6.07 Å². The Morgan fingerprint density at radius 2 is 1.96 bits per heavy atom. The number of nitrogens with zero attached hydrogens (tertiary/aromatic N) is 1. The van der Waals surface area contributed by atoms with Crippen molar-refractivity contribution in [1.82, 2.24) is 5.32 Å². The minimum atomic E-state index is -0.750. The Hall–Kier alpha value is -2.78. The van der Waals surface area contributed by atoms with Crippen molar-refractivity contribution in [3.05, 3.63) is 70.8 Å². The molecule has 0 saturated heterocycles. The second kappa shape index (κ2) is 6.99. The van der Waals surface area contributed by atoms with Crippen LogP contribution in [0, 0.1) is 28.9 Å². The lowest BCUT2D eigenvalue weighted by Gasteiger charge is -2.38. The van der Waals surface area contributed by atoms with Gasteiger partial charge in [-0.15, -0.1) is 0 Å². The van der Waals surface area contributed by atoms with Gasteiger partial charge in [0, 0.05) is 11.6 Å². The van der Waals surface area contributed by atoms with Crippen LogP contribution in [0.3, 0.4) is 0 Å². The van der Waals surface area contributed by atoms with Crippen LogP contribution in [0.4, 0.5) is 8.78 Å². The number of carbonyl (C=O) groups excluding carboxylic acids is 1. The summed E-state index contributed by atoms with van der Waals surface area (Å²) in [6.07, 6.45) is 0.350. The van der Waals surface area contributed by atoms with Gasteiger partial charge in [-0.3, -0.25) is 4.79 Å². The maximum Gasteiger partial charge on any atom is 0.253 e. The molecule has 0 spiro atoms. The molecule has 0 heterocycles. The van der Waals surface area contributed by atoms with Crippen molar-refractivity contribution in [2.24, 2.45) is 5.92 Å². The summed E-state index contributed by atoms with van der Waals surface area (Å²) in [7, 11) is 0. The van der Waals surface area contributed by atoms with Crippen LogP contribution in [0.5, 0.6) is 0 Å². The summed E-state index contributed by atoms with van der Waals surface area (Å²) in [6.45, 7) is 0. The van der Waals surface area contributed by atoms with Crippen LogP contribution in [-0.4, -0.2) is 17.1 Å². The quantitative estimate of drug-likeness (QED) is 0.897. The largest absolute Gasteiger partial charge is 0.393 e. The van der Waals surface area contributed by atoms with Gasteiger partial charge in [0.1, 0.15) is 11.6 Å². The Labute approximate surface area is 143 Å². The Kier molecular flexibility index (Phi) is 4.77. The molecule has 2 N–H and O–H groups in total. The van der Waals surface area contributed by atoms with E-state index in [9.17, 15) is 18.7 Å². The molecule has 25 heavy (non-hydrogen) atoms. The molecule has 1 aliphatic rings. The maximum atomic E-state index is 14.2. The molecule has 1 aliphatic carbocycles. The molecule has 128 valence electrons. The minimum absolute atomic E-state index is 0.159. The lowest BCUT2D eigenvalue weighted by Crippen LogP contribution is -2.42. The molecular weight excluding hydrogens is 326 g/mol. The zero-order chi connectivity index (χ0) is 18.0. The second-order valence-electron chi connectivity index (χ2n) is 6.16. The zero-order valence-corrected chi connectivity index (χ0v) is 13.2. The number of benzene rings is 2. The first-order valence-corrected chi connectivity index (χ1v) is 7.92. The SMILES string of the molecule is N#Cc1ccccc1C(=O)N[C@@H](c1ccc(F)cc1F)C1CC(O)C1. The van der Waals surface area contributed by atoms with Crippen LogP contribution >= 0.6 is 0 Å². The molecule has 1 fully saturated rings. The van der Waals surface area contributed by atoms with E-state index >= 15 is 0 Å². The van der Waals surface area contributed by atoms with E-state index in [0.29, 0.717) is 12.8 Å². The Morgan fingerprint density at radius 1 is 1.24 bits per heavy atom. The van der Waals surface area contributed by atoms with Crippen molar-refractivity contribution in [3.8, 4) is 6.07 Å². The van der Waals surface area contributed by atoms with Gasteiger partial charge in [0.25, 0.3) is 5.91 Å². The number of halogens is 2. The van der Waals surface area contributed by atoms with Crippen molar-refractivity contribution in [1.29, 1.82) is 5.26 Å². The van der Waals surface area contributed by atoms with Gasteiger partial charge in [0.2, 0.25) is 0 Å². The van der Waals surface area contributed by atoms with Gasteiger partial charge in [-0.1, -0.05) is 18.2 Å². The number of nitriles is 1. The van der Waals surface area contributed by atoms with Crippen molar-refractivity contribution in [2.45, 2.75) is 25.0 Å². The molecule has 0 bridgehead atoms. The minimum Gasteiger partial charge on any atom is -0.393 e. The lowest BCUT2D eigenvalue weighted by molar-refractivity contribution is 0.0229. The van der Waals surface area contributed by atoms with E-state index < -0.39 is 29.7 Å². The van der Waals surface area contributed by atoms with E-state index in [2.05, 4.69) is 5.32 Å². The summed E-state index contributed by atoms with van der Waals surface area (Å²) in [5.41, 5.74) is 0.574. The number of aliphatic hydroxyl groups is 1. The molecule has 1 atom stereocenters. The van der Waals surface area contributed by atoms with Gasteiger partial charge in [-0.25, -0.2) is 8.78 Å². The molecule has 6 heteroatoms. The summed E-state index contributed by atoms with van der Waals surface area (Å²) in [5, 5.41) is 21.4. The highest BCUT2D eigenvalue weighted by Gasteiger charge is 2.37. The average molecular weight is 342 g/mol. The molecule has 1 amide bonds. The first kappa shape index (κ1) is 17.1. The van der Waals surface area contributed by atoms with E-state index in [0.717, 1.165) is 12.1 Å². The number of rotatable bonds is 4. The number of hydrogen-bond donors (Lipinski definition) is 2. The normalized spacial score (nSPS) is 20.2. The first-order chi connectivity index (χ1) is 12.0. The van der Waals surface area contributed by atoms with Crippen LogP contribution < -0.4 is 5.32 Å². The average Bonchev–Trinajstić information content (AvgIpc) is 2.57. The van der Waals surface area contributed by atoms with Gasteiger partial charge >= 0.3 is 0 Å². The van der Waals surface area contributed by atoms with Gasteiger partial charge in [-0.05, 0) is 37.0 Å². The topological polar surface area (TPSA) is 73.1 Å². The van der Waals surface area contributed by atoms with Crippen molar-refractivity contribution >= 4 is 5.91 Å². The number of carbonyl (C=O) groups is 1. The Bertz CT molecular complexity index is 842. The molecule has 1 saturated carbocycles. The van der Waals surface area contributed by atoms with Crippen LogP contribution in [0.2, 0.25) is 0 Å². The van der Waals surface area contributed by atoms with Crippen molar-refractivity contribution in [2.75, 3.05) is 0 Å². The fourth-order valence-electron chi connectivity index (χ4n) is 3.10. The van der Waals surface area contributed by atoms with Crippen LogP contribution in [0.25, 0.3) is 0 Å². The number of amides is 1. The van der Waals surface area contributed by atoms with Gasteiger partial charge in [0.15, 0.2) is 0 Å². The summed E-state index contributed by atoms with van der Waals surface area (Å²) in [5.74, 6) is -2.12. The fraction of sp³-hybridized carbons (Fsp3) is 0.263. The van der Waals surface area contributed by atoms with Gasteiger partial charge in [0.05, 0.1) is 29.3 Å². The van der Waals surface area contributed by atoms with Crippen molar-refractivity contribution in [3.63, 3.8) is 0 Å². The van der Waals surface area contributed by atoms with Crippen LogP contribution in [0.15, 0.2) is 42.5 Å². The van der Waals surface area contributed by atoms with Crippen LogP contribution in [-0.2, 0) is 0 Å².